The van der Waals surface area contributed by atoms with Crippen LogP contribution in [0.2, 0.25) is 0 Å². The number of rotatable bonds is 5. The average Bonchev–Trinajstić information content (AvgIpc) is 1.97. The molecule has 0 heterocycles. The molecule has 0 saturated carbocycles. The molecular weight excluding hydrogens is 142 g/mol. The highest BCUT2D eigenvalue weighted by Crippen LogP contribution is 2.00. The van der Waals surface area contributed by atoms with Gasteiger partial charge in [-0.2, -0.15) is 0 Å². The van der Waals surface area contributed by atoms with Crippen LogP contribution in [0, 0.1) is 0 Å². The smallest absolute Gasteiger partial charge is 0.405 e. The quantitative estimate of drug-likeness (QED) is 0.599. The van der Waals surface area contributed by atoms with Gasteiger partial charge in [-0.3, -0.25) is 0 Å². The van der Waals surface area contributed by atoms with Gasteiger partial charge >= 0.3 is 6.09 Å². The van der Waals surface area contributed by atoms with Crippen molar-refractivity contribution in [3.8, 4) is 0 Å². The second kappa shape index (κ2) is 5.77. The Hall–Kier alpha value is -0.990. The molecule has 0 aliphatic rings. The largest absolute Gasteiger partial charge is 0.465 e. The summed E-state index contributed by atoms with van der Waals surface area (Å²) in [5.41, 5.74) is 0. The zero-order valence-electron chi connectivity index (χ0n) is 6.84. The van der Waals surface area contributed by atoms with E-state index in [1.54, 1.807) is 6.08 Å². The number of unbranched alkanes of at least 4 members (excludes halogenated alkanes) is 1. The summed E-state index contributed by atoms with van der Waals surface area (Å²) in [5.74, 6) is 0. The Labute approximate surface area is 67.1 Å². The molecule has 0 unspecified atom stereocenters. The van der Waals surface area contributed by atoms with Gasteiger partial charge in [0.15, 0.2) is 0 Å². The highest BCUT2D eigenvalue weighted by molar-refractivity contribution is 5.65. The second-order valence-electron chi connectivity index (χ2n) is 2.43. The van der Waals surface area contributed by atoms with Crippen molar-refractivity contribution < 1.29 is 9.90 Å². The van der Waals surface area contributed by atoms with Gasteiger partial charge < -0.3 is 10.4 Å². The Balaban J connectivity index is 3.57. The standard InChI is InChI=1S/C8H15NO2/c1-3-5-6-7(4-2)9-8(10)11/h4,7,9H,2-3,5-6H2,1H3,(H,10,11)/t7-/m1/s1. The van der Waals surface area contributed by atoms with Crippen molar-refractivity contribution in [2.75, 3.05) is 0 Å². The molecule has 1 amide bonds. The van der Waals surface area contributed by atoms with Gasteiger partial charge in [-0.05, 0) is 6.42 Å². The topological polar surface area (TPSA) is 49.3 Å². The molecule has 0 aliphatic carbocycles. The lowest BCUT2D eigenvalue weighted by Gasteiger charge is -2.10. The molecule has 0 saturated heterocycles. The van der Waals surface area contributed by atoms with E-state index in [9.17, 15) is 4.79 Å². The molecule has 0 aromatic rings. The predicted molar refractivity (Wildman–Crippen MR) is 44.7 cm³/mol. The minimum absolute atomic E-state index is 0.0903. The maximum atomic E-state index is 10.2. The van der Waals surface area contributed by atoms with Crippen LogP contribution in [-0.2, 0) is 0 Å². The first kappa shape index (κ1) is 10.0. The number of carbonyl (C=O) groups is 1. The highest BCUT2D eigenvalue weighted by Gasteiger charge is 2.04. The zero-order valence-corrected chi connectivity index (χ0v) is 6.84. The van der Waals surface area contributed by atoms with Crippen molar-refractivity contribution in [2.45, 2.75) is 32.2 Å². The predicted octanol–water partition coefficient (Wildman–Crippen LogP) is 2.00. The zero-order chi connectivity index (χ0) is 8.69. The van der Waals surface area contributed by atoms with Crippen LogP contribution >= 0.6 is 0 Å². The Kier molecular flexibility index (Phi) is 5.25. The lowest BCUT2D eigenvalue weighted by atomic mass is 10.1. The van der Waals surface area contributed by atoms with E-state index in [0.717, 1.165) is 19.3 Å². The van der Waals surface area contributed by atoms with Gasteiger partial charge in [0.2, 0.25) is 0 Å². The minimum atomic E-state index is -0.981. The molecule has 2 N–H and O–H groups in total. The van der Waals surface area contributed by atoms with Gasteiger partial charge in [0.1, 0.15) is 0 Å². The molecule has 11 heavy (non-hydrogen) atoms. The summed E-state index contributed by atoms with van der Waals surface area (Å²) in [5, 5.41) is 10.7. The monoisotopic (exact) mass is 157 g/mol. The van der Waals surface area contributed by atoms with Crippen LogP contribution in [0.1, 0.15) is 26.2 Å². The first-order valence-corrected chi connectivity index (χ1v) is 3.82. The van der Waals surface area contributed by atoms with Crippen molar-refractivity contribution in [3.63, 3.8) is 0 Å². The molecule has 3 nitrogen and oxygen atoms in total. The summed E-state index contributed by atoms with van der Waals surface area (Å²) < 4.78 is 0. The van der Waals surface area contributed by atoms with Gasteiger partial charge in [0.25, 0.3) is 0 Å². The van der Waals surface area contributed by atoms with E-state index in [2.05, 4.69) is 18.8 Å². The fraction of sp³-hybridized carbons (Fsp3) is 0.625. The number of nitrogens with one attached hydrogen (secondary N) is 1. The highest BCUT2D eigenvalue weighted by atomic mass is 16.4. The van der Waals surface area contributed by atoms with Crippen molar-refractivity contribution in [2.24, 2.45) is 0 Å². The van der Waals surface area contributed by atoms with Crippen molar-refractivity contribution in [1.29, 1.82) is 0 Å². The van der Waals surface area contributed by atoms with E-state index in [-0.39, 0.29) is 6.04 Å². The molecule has 0 bridgehead atoms. The van der Waals surface area contributed by atoms with E-state index >= 15 is 0 Å². The Morgan fingerprint density at radius 3 is 2.82 bits per heavy atom. The van der Waals surface area contributed by atoms with E-state index in [4.69, 9.17) is 5.11 Å². The number of amides is 1. The van der Waals surface area contributed by atoms with E-state index in [0.29, 0.717) is 0 Å². The molecule has 0 aromatic heterocycles. The van der Waals surface area contributed by atoms with Crippen LogP contribution in [0.25, 0.3) is 0 Å². The third kappa shape index (κ3) is 5.45. The number of hydrogen-bond acceptors (Lipinski definition) is 1. The van der Waals surface area contributed by atoms with Crippen LogP contribution < -0.4 is 5.32 Å². The Morgan fingerprint density at radius 1 is 1.82 bits per heavy atom. The van der Waals surface area contributed by atoms with Crippen LogP contribution in [0.3, 0.4) is 0 Å². The molecule has 0 radical (unpaired) electrons. The third-order valence-corrected chi connectivity index (χ3v) is 1.46. The van der Waals surface area contributed by atoms with Crippen LogP contribution in [0.15, 0.2) is 12.7 Å². The van der Waals surface area contributed by atoms with Gasteiger partial charge in [-0.1, -0.05) is 25.8 Å². The molecule has 0 aromatic carbocycles. The SMILES string of the molecule is C=C[C@H](CCCC)NC(=O)O. The molecule has 0 rings (SSSR count). The molecule has 3 heteroatoms. The average molecular weight is 157 g/mol. The number of hydrogen-bond donors (Lipinski definition) is 2. The Morgan fingerprint density at radius 2 is 2.45 bits per heavy atom. The molecule has 0 spiro atoms. The summed E-state index contributed by atoms with van der Waals surface area (Å²) >= 11 is 0. The minimum Gasteiger partial charge on any atom is -0.465 e. The fourth-order valence-electron chi connectivity index (χ4n) is 0.832. The van der Waals surface area contributed by atoms with Gasteiger partial charge in [0.05, 0.1) is 6.04 Å². The number of carboxylic acid groups (broad SMARTS) is 1. The molecule has 0 fully saturated rings. The summed E-state index contributed by atoms with van der Waals surface area (Å²) in [4.78, 5) is 10.2. The van der Waals surface area contributed by atoms with E-state index in [1.165, 1.54) is 0 Å². The van der Waals surface area contributed by atoms with Crippen molar-refractivity contribution in [3.05, 3.63) is 12.7 Å². The van der Waals surface area contributed by atoms with Gasteiger partial charge in [-0.25, -0.2) is 4.79 Å². The summed E-state index contributed by atoms with van der Waals surface area (Å²) in [6.45, 7) is 5.61. The lowest BCUT2D eigenvalue weighted by Crippen LogP contribution is -2.31. The van der Waals surface area contributed by atoms with E-state index in [1.807, 2.05) is 0 Å². The van der Waals surface area contributed by atoms with Crippen LogP contribution in [0.5, 0.6) is 0 Å². The maximum Gasteiger partial charge on any atom is 0.405 e. The van der Waals surface area contributed by atoms with E-state index < -0.39 is 6.09 Å². The van der Waals surface area contributed by atoms with Gasteiger partial charge in [0, 0.05) is 0 Å². The van der Waals surface area contributed by atoms with Crippen LogP contribution in [0.4, 0.5) is 4.79 Å². The molecule has 0 aliphatic heterocycles. The van der Waals surface area contributed by atoms with Gasteiger partial charge in [-0.15, -0.1) is 6.58 Å². The first-order valence-electron chi connectivity index (χ1n) is 3.82. The van der Waals surface area contributed by atoms with Crippen molar-refractivity contribution in [1.82, 2.24) is 5.32 Å². The molecular formula is C8H15NO2. The Bertz CT molecular complexity index is 134. The maximum absolute atomic E-state index is 10.2. The third-order valence-electron chi connectivity index (χ3n) is 1.46. The second-order valence-corrected chi connectivity index (χ2v) is 2.43. The summed E-state index contributed by atoms with van der Waals surface area (Å²) in [7, 11) is 0. The summed E-state index contributed by atoms with van der Waals surface area (Å²) in [6, 6.07) is -0.0903. The normalized spacial score (nSPS) is 12.1. The van der Waals surface area contributed by atoms with Crippen LogP contribution in [-0.4, -0.2) is 17.2 Å². The fourth-order valence-corrected chi connectivity index (χ4v) is 0.832. The molecule has 64 valence electrons. The first-order chi connectivity index (χ1) is 5.20. The summed E-state index contributed by atoms with van der Waals surface area (Å²) in [6.07, 6.45) is 3.59. The molecule has 1 atom stereocenters. The van der Waals surface area contributed by atoms with Crippen molar-refractivity contribution >= 4 is 6.09 Å². The lowest BCUT2D eigenvalue weighted by molar-refractivity contribution is 0.191.